The summed E-state index contributed by atoms with van der Waals surface area (Å²) in [4.78, 5) is 20.7. The molecule has 22 heavy (non-hydrogen) atoms. The Bertz CT molecular complexity index is 833. The van der Waals surface area contributed by atoms with Gasteiger partial charge in [-0.2, -0.15) is 10.1 Å². The Labute approximate surface area is 127 Å². The van der Waals surface area contributed by atoms with Gasteiger partial charge >= 0.3 is 0 Å². The van der Waals surface area contributed by atoms with E-state index in [-0.39, 0.29) is 12.3 Å². The second-order valence-corrected chi connectivity index (χ2v) is 5.09. The predicted molar refractivity (Wildman–Crippen MR) is 80.5 cm³/mol. The van der Waals surface area contributed by atoms with Crippen molar-refractivity contribution >= 4 is 17.4 Å². The van der Waals surface area contributed by atoms with Crippen molar-refractivity contribution in [3.05, 3.63) is 35.7 Å². The molecule has 3 aromatic rings. The summed E-state index contributed by atoms with van der Waals surface area (Å²) in [6.07, 6.45) is 3.50. The number of aromatic nitrogens is 6. The second-order valence-electron chi connectivity index (χ2n) is 5.09. The van der Waals surface area contributed by atoms with Crippen molar-refractivity contribution in [1.82, 2.24) is 29.4 Å². The third-order valence-electron chi connectivity index (χ3n) is 3.22. The maximum Gasteiger partial charge on any atom is 0.252 e. The van der Waals surface area contributed by atoms with Crippen LogP contribution in [0.25, 0.3) is 5.78 Å². The van der Waals surface area contributed by atoms with E-state index in [1.165, 1.54) is 0 Å². The van der Waals surface area contributed by atoms with E-state index in [0.29, 0.717) is 17.3 Å². The molecule has 0 aliphatic rings. The van der Waals surface area contributed by atoms with Gasteiger partial charge in [-0.3, -0.25) is 9.48 Å². The molecule has 8 heteroatoms. The van der Waals surface area contributed by atoms with Crippen LogP contribution in [-0.4, -0.2) is 35.3 Å². The fourth-order valence-electron chi connectivity index (χ4n) is 2.23. The molecule has 0 radical (unpaired) electrons. The summed E-state index contributed by atoms with van der Waals surface area (Å²) < 4.78 is 3.39. The number of anilines is 1. The quantitative estimate of drug-likeness (QED) is 0.780. The summed E-state index contributed by atoms with van der Waals surface area (Å²) in [7, 11) is 0. The first-order valence-electron chi connectivity index (χ1n) is 7.07. The molecule has 0 atom stereocenters. The standard InChI is InChI=1S/C14H17N7O/c1-4-20-8-11(7-15-20)17-13(22)6-12-18-14-16-9(2)5-10(3)21(14)19-12/h5,7-8H,4,6H2,1-3H3,(H,17,22). The molecule has 0 aliphatic heterocycles. The van der Waals surface area contributed by atoms with Crippen LogP contribution in [0.15, 0.2) is 18.5 Å². The van der Waals surface area contributed by atoms with E-state index in [2.05, 4.69) is 25.5 Å². The SMILES string of the molecule is CCn1cc(NC(=O)Cc2nc3nc(C)cc(C)n3n2)cn1. The largest absolute Gasteiger partial charge is 0.323 e. The van der Waals surface area contributed by atoms with Gasteiger partial charge in [0.25, 0.3) is 5.78 Å². The van der Waals surface area contributed by atoms with E-state index in [1.807, 2.05) is 26.8 Å². The highest BCUT2D eigenvalue weighted by molar-refractivity contribution is 5.91. The van der Waals surface area contributed by atoms with Gasteiger partial charge in [0.15, 0.2) is 5.82 Å². The molecule has 3 rings (SSSR count). The average Bonchev–Trinajstić information content (AvgIpc) is 3.05. The minimum absolute atomic E-state index is 0.0964. The highest BCUT2D eigenvalue weighted by atomic mass is 16.1. The van der Waals surface area contributed by atoms with Gasteiger partial charge in [0.1, 0.15) is 0 Å². The van der Waals surface area contributed by atoms with Gasteiger partial charge in [0.05, 0.1) is 18.3 Å². The number of aryl methyl sites for hydroxylation is 3. The zero-order valence-corrected chi connectivity index (χ0v) is 12.7. The predicted octanol–water partition coefficient (Wildman–Crippen LogP) is 1.14. The van der Waals surface area contributed by atoms with Gasteiger partial charge in [0, 0.05) is 24.1 Å². The molecule has 0 bridgehead atoms. The highest BCUT2D eigenvalue weighted by Crippen LogP contribution is 2.08. The van der Waals surface area contributed by atoms with Crippen molar-refractivity contribution in [2.75, 3.05) is 5.32 Å². The van der Waals surface area contributed by atoms with Crippen LogP contribution in [0, 0.1) is 13.8 Å². The van der Waals surface area contributed by atoms with Crippen LogP contribution in [0.4, 0.5) is 5.69 Å². The fraction of sp³-hybridized carbons (Fsp3) is 0.357. The summed E-state index contributed by atoms with van der Waals surface area (Å²) >= 11 is 0. The average molecular weight is 299 g/mol. The molecule has 1 N–H and O–H groups in total. The number of hydrogen-bond acceptors (Lipinski definition) is 5. The zero-order chi connectivity index (χ0) is 15.7. The Morgan fingerprint density at radius 3 is 2.86 bits per heavy atom. The highest BCUT2D eigenvalue weighted by Gasteiger charge is 2.12. The van der Waals surface area contributed by atoms with Gasteiger partial charge in [-0.05, 0) is 26.8 Å². The fourth-order valence-corrected chi connectivity index (χ4v) is 2.23. The third kappa shape index (κ3) is 2.80. The van der Waals surface area contributed by atoms with Crippen LogP contribution >= 0.6 is 0 Å². The number of hydrogen-bond donors (Lipinski definition) is 1. The smallest absolute Gasteiger partial charge is 0.252 e. The Kier molecular flexibility index (Phi) is 3.58. The zero-order valence-electron chi connectivity index (χ0n) is 12.7. The Morgan fingerprint density at radius 1 is 1.32 bits per heavy atom. The minimum Gasteiger partial charge on any atom is -0.323 e. The summed E-state index contributed by atoms with van der Waals surface area (Å²) in [5, 5.41) is 11.2. The van der Waals surface area contributed by atoms with Crippen molar-refractivity contribution in [3.8, 4) is 0 Å². The molecule has 3 heterocycles. The first-order chi connectivity index (χ1) is 10.5. The first-order valence-corrected chi connectivity index (χ1v) is 7.07. The van der Waals surface area contributed by atoms with Crippen LogP contribution in [0.2, 0.25) is 0 Å². The Balaban J connectivity index is 1.75. The first kappa shape index (κ1) is 14.2. The lowest BCUT2D eigenvalue weighted by molar-refractivity contribution is -0.115. The van der Waals surface area contributed by atoms with Gasteiger partial charge in [-0.1, -0.05) is 0 Å². The van der Waals surface area contributed by atoms with Crippen molar-refractivity contribution in [3.63, 3.8) is 0 Å². The topological polar surface area (TPSA) is 90.0 Å². The molecule has 0 saturated carbocycles. The molecule has 114 valence electrons. The molecule has 0 spiro atoms. The monoisotopic (exact) mass is 299 g/mol. The molecule has 0 fully saturated rings. The van der Waals surface area contributed by atoms with E-state index in [1.54, 1.807) is 21.6 Å². The number of carbonyl (C=O) groups is 1. The molecule has 0 saturated heterocycles. The van der Waals surface area contributed by atoms with E-state index >= 15 is 0 Å². The normalized spacial score (nSPS) is 11.0. The number of nitrogens with zero attached hydrogens (tertiary/aromatic N) is 6. The third-order valence-corrected chi connectivity index (χ3v) is 3.22. The van der Waals surface area contributed by atoms with E-state index in [0.717, 1.165) is 17.9 Å². The number of rotatable bonds is 4. The molecule has 0 aromatic carbocycles. The summed E-state index contributed by atoms with van der Waals surface area (Å²) in [6, 6.07) is 1.92. The summed E-state index contributed by atoms with van der Waals surface area (Å²) in [5.41, 5.74) is 2.48. The minimum atomic E-state index is -0.180. The molecule has 3 aromatic heterocycles. The van der Waals surface area contributed by atoms with Crippen LogP contribution in [0.3, 0.4) is 0 Å². The van der Waals surface area contributed by atoms with Crippen LogP contribution < -0.4 is 5.32 Å². The number of fused-ring (bicyclic) bond motifs is 1. The van der Waals surface area contributed by atoms with Crippen LogP contribution in [0.5, 0.6) is 0 Å². The molecular weight excluding hydrogens is 282 g/mol. The number of amides is 1. The van der Waals surface area contributed by atoms with Gasteiger partial charge in [0.2, 0.25) is 5.91 Å². The number of nitrogens with one attached hydrogen (secondary N) is 1. The van der Waals surface area contributed by atoms with Crippen LogP contribution in [-0.2, 0) is 17.8 Å². The summed E-state index contributed by atoms with van der Waals surface area (Å²) in [5.74, 6) is 0.779. The van der Waals surface area contributed by atoms with Crippen molar-refractivity contribution in [2.24, 2.45) is 0 Å². The van der Waals surface area contributed by atoms with Gasteiger partial charge in [-0.15, -0.1) is 5.10 Å². The maximum absolute atomic E-state index is 12.1. The molecule has 0 aliphatic carbocycles. The Hall–Kier alpha value is -2.77. The van der Waals surface area contributed by atoms with E-state index in [9.17, 15) is 4.79 Å². The number of carbonyl (C=O) groups excluding carboxylic acids is 1. The van der Waals surface area contributed by atoms with E-state index in [4.69, 9.17) is 0 Å². The van der Waals surface area contributed by atoms with Crippen molar-refractivity contribution in [2.45, 2.75) is 33.7 Å². The van der Waals surface area contributed by atoms with Crippen molar-refractivity contribution < 1.29 is 4.79 Å². The van der Waals surface area contributed by atoms with Gasteiger partial charge in [-0.25, -0.2) is 9.50 Å². The molecular formula is C14H17N7O. The molecule has 0 unspecified atom stereocenters. The van der Waals surface area contributed by atoms with Crippen molar-refractivity contribution in [1.29, 1.82) is 0 Å². The maximum atomic E-state index is 12.1. The van der Waals surface area contributed by atoms with Gasteiger partial charge < -0.3 is 5.32 Å². The molecule has 1 amide bonds. The van der Waals surface area contributed by atoms with E-state index < -0.39 is 0 Å². The molecule has 8 nitrogen and oxygen atoms in total. The lowest BCUT2D eigenvalue weighted by Crippen LogP contribution is -2.15. The lowest BCUT2D eigenvalue weighted by atomic mass is 10.4. The second kappa shape index (κ2) is 5.55. The lowest BCUT2D eigenvalue weighted by Gasteiger charge is -1.99. The van der Waals surface area contributed by atoms with Crippen LogP contribution in [0.1, 0.15) is 24.1 Å². The Morgan fingerprint density at radius 2 is 2.14 bits per heavy atom. The summed E-state index contributed by atoms with van der Waals surface area (Å²) in [6.45, 7) is 6.57.